The topological polar surface area (TPSA) is 17.1 Å². The smallest absolute Gasteiger partial charge is 0.170 e. The molecule has 0 radical (unpaired) electrons. The maximum atomic E-state index is 13.8. The van der Waals surface area contributed by atoms with E-state index in [1.165, 1.54) is 12.1 Å². The van der Waals surface area contributed by atoms with Crippen LogP contribution in [0.25, 0.3) is 0 Å². The lowest BCUT2D eigenvalue weighted by molar-refractivity contribution is 0.0989. The number of Topliss-reactive ketones (excluding diaryl/α,β-unsaturated/α-hetero) is 1. The van der Waals surface area contributed by atoms with Crippen molar-refractivity contribution in [3.05, 3.63) is 69.5 Å². The number of aryl methyl sites for hydroxylation is 2. The summed E-state index contributed by atoms with van der Waals surface area (Å²) in [4.78, 5) is 12.1. The standard InChI is InChI=1S/C16H14ClFO/c1-10-6-11(2)8-12(7-10)9-15(19)13-4-3-5-14(17)16(13)18/h3-8H,9H2,1-2H3. The van der Waals surface area contributed by atoms with Gasteiger partial charge in [-0.05, 0) is 31.5 Å². The van der Waals surface area contributed by atoms with Gasteiger partial charge in [0.25, 0.3) is 0 Å². The van der Waals surface area contributed by atoms with Crippen LogP contribution >= 0.6 is 11.6 Å². The van der Waals surface area contributed by atoms with E-state index < -0.39 is 5.82 Å². The molecule has 0 aliphatic carbocycles. The number of hydrogen-bond donors (Lipinski definition) is 0. The van der Waals surface area contributed by atoms with Gasteiger partial charge in [0.2, 0.25) is 0 Å². The Balaban J connectivity index is 2.28. The summed E-state index contributed by atoms with van der Waals surface area (Å²) in [6.07, 6.45) is 0.180. The van der Waals surface area contributed by atoms with Crippen molar-refractivity contribution < 1.29 is 9.18 Å². The molecule has 0 saturated heterocycles. The number of hydrogen-bond acceptors (Lipinski definition) is 1. The van der Waals surface area contributed by atoms with Crippen LogP contribution in [0.2, 0.25) is 5.02 Å². The van der Waals surface area contributed by atoms with E-state index in [0.717, 1.165) is 16.7 Å². The lowest BCUT2D eigenvalue weighted by atomic mass is 9.99. The maximum absolute atomic E-state index is 13.8. The number of rotatable bonds is 3. The van der Waals surface area contributed by atoms with E-state index in [1.807, 2.05) is 32.0 Å². The molecule has 0 aromatic heterocycles. The number of halogens is 2. The molecule has 19 heavy (non-hydrogen) atoms. The highest BCUT2D eigenvalue weighted by molar-refractivity contribution is 6.31. The minimum Gasteiger partial charge on any atom is -0.294 e. The zero-order valence-corrected chi connectivity index (χ0v) is 11.6. The molecule has 0 unspecified atom stereocenters. The number of carbonyl (C=O) groups is 1. The third kappa shape index (κ3) is 3.21. The highest BCUT2D eigenvalue weighted by atomic mass is 35.5. The quantitative estimate of drug-likeness (QED) is 0.753. The van der Waals surface area contributed by atoms with Crippen LogP contribution in [0.4, 0.5) is 4.39 Å². The van der Waals surface area contributed by atoms with Crippen LogP contribution in [0.5, 0.6) is 0 Å². The number of ketones is 1. The first kappa shape index (κ1) is 13.8. The van der Waals surface area contributed by atoms with Crippen molar-refractivity contribution in [1.29, 1.82) is 0 Å². The Morgan fingerprint density at radius 3 is 2.42 bits per heavy atom. The summed E-state index contributed by atoms with van der Waals surface area (Å²) in [7, 11) is 0. The molecule has 0 saturated carbocycles. The molecule has 0 heterocycles. The zero-order valence-electron chi connectivity index (χ0n) is 10.8. The van der Waals surface area contributed by atoms with Crippen LogP contribution in [-0.4, -0.2) is 5.78 Å². The monoisotopic (exact) mass is 276 g/mol. The molecule has 0 aliphatic rings. The van der Waals surface area contributed by atoms with Gasteiger partial charge < -0.3 is 0 Å². The van der Waals surface area contributed by atoms with E-state index in [2.05, 4.69) is 0 Å². The van der Waals surface area contributed by atoms with Crippen LogP contribution in [0, 0.1) is 19.7 Å². The van der Waals surface area contributed by atoms with Crippen LogP contribution in [0.15, 0.2) is 36.4 Å². The lowest BCUT2D eigenvalue weighted by Gasteiger charge is -2.06. The number of carbonyl (C=O) groups excluding carboxylic acids is 1. The molecule has 0 aliphatic heterocycles. The van der Waals surface area contributed by atoms with Crippen molar-refractivity contribution in [2.75, 3.05) is 0 Å². The molecule has 0 bridgehead atoms. The fraction of sp³-hybridized carbons (Fsp3) is 0.188. The molecule has 0 N–H and O–H groups in total. The molecule has 2 rings (SSSR count). The molecule has 0 spiro atoms. The van der Waals surface area contributed by atoms with Gasteiger partial charge in [-0.2, -0.15) is 0 Å². The Labute approximate surface area is 117 Å². The highest BCUT2D eigenvalue weighted by Gasteiger charge is 2.14. The van der Waals surface area contributed by atoms with E-state index in [1.54, 1.807) is 6.07 Å². The first-order chi connectivity index (χ1) is 8.97. The summed E-state index contributed by atoms with van der Waals surface area (Å²) in [5.41, 5.74) is 3.12. The molecule has 2 aromatic rings. The van der Waals surface area contributed by atoms with E-state index in [0.29, 0.717) is 0 Å². The molecule has 0 amide bonds. The Kier molecular flexibility index (Phi) is 4.01. The van der Waals surface area contributed by atoms with Gasteiger partial charge in [-0.1, -0.05) is 47.0 Å². The van der Waals surface area contributed by atoms with Gasteiger partial charge >= 0.3 is 0 Å². The second-order valence-electron chi connectivity index (χ2n) is 4.70. The van der Waals surface area contributed by atoms with Gasteiger partial charge in [-0.25, -0.2) is 4.39 Å². The van der Waals surface area contributed by atoms with Crippen molar-refractivity contribution in [1.82, 2.24) is 0 Å². The van der Waals surface area contributed by atoms with Crippen LogP contribution in [0.1, 0.15) is 27.0 Å². The Morgan fingerprint density at radius 1 is 1.16 bits per heavy atom. The van der Waals surface area contributed by atoms with Crippen molar-refractivity contribution in [3.8, 4) is 0 Å². The second-order valence-corrected chi connectivity index (χ2v) is 5.10. The van der Waals surface area contributed by atoms with Crippen molar-refractivity contribution >= 4 is 17.4 Å². The summed E-state index contributed by atoms with van der Waals surface area (Å²) in [5, 5.41) is -0.0220. The molecule has 1 nitrogen and oxygen atoms in total. The van der Waals surface area contributed by atoms with E-state index in [-0.39, 0.29) is 22.8 Å². The maximum Gasteiger partial charge on any atom is 0.170 e. The summed E-state index contributed by atoms with van der Waals surface area (Å²) in [5.74, 6) is -0.899. The van der Waals surface area contributed by atoms with Gasteiger partial charge in [-0.15, -0.1) is 0 Å². The van der Waals surface area contributed by atoms with Gasteiger partial charge in [-0.3, -0.25) is 4.79 Å². The summed E-state index contributed by atoms with van der Waals surface area (Å²) in [6.45, 7) is 3.95. The molecule has 0 fully saturated rings. The zero-order chi connectivity index (χ0) is 14.0. The predicted molar refractivity (Wildman–Crippen MR) is 75.4 cm³/mol. The largest absolute Gasteiger partial charge is 0.294 e. The molecule has 3 heteroatoms. The Hall–Kier alpha value is -1.67. The predicted octanol–water partition coefficient (Wildman–Crippen LogP) is 4.52. The third-order valence-corrected chi connectivity index (χ3v) is 3.19. The third-order valence-electron chi connectivity index (χ3n) is 2.90. The van der Waals surface area contributed by atoms with Gasteiger partial charge in [0.05, 0.1) is 10.6 Å². The van der Waals surface area contributed by atoms with Crippen LogP contribution in [-0.2, 0) is 6.42 Å². The van der Waals surface area contributed by atoms with Crippen LogP contribution in [0.3, 0.4) is 0 Å². The minimum absolute atomic E-state index is 0.0220. The summed E-state index contributed by atoms with van der Waals surface area (Å²) >= 11 is 5.68. The first-order valence-electron chi connectivity index (χ1n) is 6.02. The number of benzene rings is 2. The minimum atomic E-state index is -0.640. The first-order valence-corrected chi connectivity index (χ1v) is 6.39. The van der Waals surface area contributed by atoms with Gasteiger partial charge in [0.1, 0.15) is 0 Å². The van der Waals surface area contributed by atoms with E-state index >= 15 is 0 Å². The normalized spacial score (nSPS) is 10.5. The SMILES string of the molecule is Cc1cc(C)cc(CC(=O)c2cccc(Cl)c2F)c1. The lowest BCUT2D eigenvalue weighted by Crippen LogP contribution is -2.06. The van der Waals surface area contributed by atoms with E-state index in [4.69, 9.17) is 11.6 Å². The fourth-order valence-corrected chi connectivity index (χ4v) is 2.35. The van der Waals surface area contributed by atoms with Crippen molar-refractivity contribution in [3.63, 3.8) is 0 Å². The fourth-order valence-electron chi connectivity index (χ4n) is 2.17. The Bertz CT molecular complexity index is 614. The summed E-state index contributed by atoms with van der Waals surface area (Å²) < 4.78 is 13.8. The average molecular weight is 277 g/mol. The van der Waals surface area contributed by atoms with Crippen molar-refractivity contribution in [2.45, 2.75) is 20.3 Å². The van der Waals surface area contributed by atoms with Crippen LogP contribution < -0.4 is 0 Å². The van der Waals surface area contributed by atoms with Crippen molar-refractivity contribution in [2.24, 2.45) is 0 Å². The highest BCUT2D eigenvalue weighted by Crippen LogP contribution is 2.20. The molecule has 2 aromatic carbocycles. The molecule has 0 atom stereocenters. The average Bonchev–Trinajstić information content (AvgIpc) is 2.31. The molecular weight excluding hydrogens is 263 g/mol. The Morgan fingerprint density at radius 2 is 1.79 bits per heavy atom. The van der Waals surface area contributed by atoms with Gasteiger partial charge in [0, 0.05) is 6.42 Å². The summed E-state index contributed by atoms with van der Waals surface area (Å²) in [6, 6.07) is 10.4. The molecular formula is C16H14ClFO. The second kappa shape index (κ2) is 5.54. The molecule has 98 valence electrons. The van der Waals surface area contributed by atoms with E-state index in [9.17, 15) is 9.18 Å². The van der Waals surface area contributed by atoms with Gasteiger partial charge in [0.15, 0.2) is 11.6 Å².